The summed E-state index contributed by atoms with van der Waals surface area (Å²) in [5.74, 6) is 0. The number of aromatic nitrogens is 2. The maximum Gasteiger partial charge on any atom is 0.263 e. The van der Waals surface area contributed by atoms with Crippen molar-refractivity contribution >= 4 is 49.2 Å². The molecule has 0 unspecified atom stereocenters. The first-order valence-corrected chi connectivity index (χ1v) is 17.6. The molecule has 2 aromatic carbocycles. The second kappa shape index (κ2) is 12.1. The Morgan fingerprint density at radius 1 is 0.721 bits per heavy atom. The van der Waals surface area contributed by atoms with Crippen LogP contribution in [0.3, 0.4) is 0 Å². The predicted octanol–water partition coefficient (Wildman–Crippen LogP) is 10.3. The third-order valence-electron chi connectivity index (χ3n) is 8.78. The van der Waals surface area contributed by atoms with E-state index in [1.807, 2.05) is 22.7 Å². The first-order chi connectivity index (χ1) is 20.6. The number of allylic oxidation sites excluding steroid dienone is 9. The van der Waals surface area contributed by atoms with Crippen LogP contribution in [0.4, 0.5) is 0 Å². The van der Waals surface area contributed by atoms with Crippen molar-refractivity contribution in [2.45, 2.75) is 86.7 Å². The van der Waals surface area contributed by atoms with Gasteiger partial charge in [0, 0.05) is 18.2 Å². The third kappa shape index (κ3) is 6.71. The third-order valence-corrected chi connectivity index (χ3v) is 11.1. The maximum absolute atomic E-state index is 2.51. The highest BCUT2D eigenvalue weighted by atomic mass is 32.1. The first-order valence-electron chi connectivity index (χ1n) is 15.9. The van der Waals surface area contributed by atoms with E-state index < -0.39 is 0 Å². The number of fused-ring (bicyclic) bond motifs is 2. The van der Waals surface area contributed by atoms with E-state index in [9.17, 15) is 0 Å². The molecule has 0 spiro atoms. The normalized spacial score (nSPS) is 20.4. The second-order valence-electron chi connectivity index (χ2n) is 13.9. The van der Waals surface area contributed by atoms with Crippen molar-refractivity contribution in [3.63, 3.8) is 0 Å². The van der Waals surface area contributed by atoms with Crippen LogP contribution in [0, 0.1) is 10.8 Å². The average molecular weight is 607 g/mol. The molecule has 0 saturated carbocycles. The van der Waals surface area contributed by atoms with Crippen LogP contribution in [0.5, 0.6) is 0 Å². The lowest BCUT2D eigenvalue weighted by molar-refractivity contribution is -0.670. The number of hydrogen-bond acceptors (Lipinski definition) is 2. The van der Waals surface area contributed by atoms with E-state index in [4.69, 9.17) is 0 Å². The van der Waals surface area contributed by atoms with Gasteiger partial charge in [-0.2, -0.15) is 9.13 Å². The summed E-state index contributed by atoms with van der Waals surface area (Å²) in [6.45, 7) is 16.2. The van der Waals surface area contributed by atoms with Crippen LogP contribution in [0.1, 0.15) is 77.2 Å². The number of thiazole rings is 2. The fourth-order valence-corrected chi connectivity index (χ4v) is 9.70. The molecule has 2 nitrogen and oxygen atoms in total. The highest BCUT2D eigenvalue weighted by Crippen LogP contribution is 2.41. The number of nitrogens with zero attached hydrogens (tertiary/aromatic N) is 2. The van der Waals surface area contributed by atoms with Gasteiger partial charge in [0.25, 0.3) is 5.01 Å². The molecule has 0 bridgehead atoms. The van der Waals surface area contributed by atoms with Gasteiger partial charge in [-0.05, 0) is 79.2 Å². The molecule has 2 aliphatic rings. The fraction of sp³-hybridized carbons (Fsp3) is 0.385. The lowest BCUT2D eigenvalue weighted by Crippen LogP contribution is -2.35. The molecule has 0 N–H and O–H groups in total. The molecule has 2 heterocycles. The Morgan fingerprint density at radius 2 is 1.35 bits per heavy atom. The van der Waals surface area contributed by atoms with Crippen LogP contribution in [-0.2, 0) is 19.5 Å². The molecule has 4 heteroatoms. The molecule has 4 aromatic rings. The molecule has 222 valence electrons. The summed E-state index contributed by atoms with van der Waals surface area (Å²) in [6, 6.07) is 17.6. The van der Waals surface area contributed by atoms with Crippen molar-refractivity contribution in [1.29, 1.82) is 0 Å². The van der Waals surface area contributed by atoms with Gasteiger partial charge in [0.2, 0.25) is 16.0 Å². The van der Waals surface area contributed by atoms with Crippen LogP contribution in [-0.4, -0.2) is 0 Å². The standard InChI is InChI=1S/C39H46N2S2/c1-7-40-32-16-9-11-18-34(32)42-36(40)22-30-20-28(24-38(3,4)26-30)14-13-15-29-21-31(27-39(5,6)25-29)23-37-41(8-2)33-17-10-12-19-35(33)43-37/h9-22H,7-8,23-27H2,1-6H3/q+2/b14-13+,29-15-,30-22-. The molecular weight excluding hydrogens is 561 g/mol. The van der Waals surface area contributed by atoms with E-state index in [-0.39, 0.29) is 10.8 Å². The summed E-state index contributed by atoms with van der Waals surface area (Å²) in [7, 11) is 0. The van der Waals surface area contributed by atoms with Crippen molar-refractivity contribution in [1.82, 2.24) is 0 Å². The zero-order valence-corrected chi connectivity index (χ0v) is 28.4. The Kier molecular flexibility index (Phi) is 8.45. The van der Waals surface area contributed by atoms with Gasteiger partial charge in [-0.15, -0.1) is 0 Å². The summed E-state index contributed by atoms with van der Waals surface area (Å²) < 4.78 is 7.72. The van der Waals surface area contributed by atoms with E-state index in [2.05, 4.69) is 136 Å². The van der Waals surface area contributed by atoms with Gasteiger partial charge in [-0.1, -0.05) is 111 Å². The Bertz CT molecular complexity index is 1820. The molecule has 2 aliphatic carbocycles. The van der Waals surface area contributed by atoms with Crippen LogP contribution < -0.4 is 9.13 Å². The van der Waals surface area contributed by atoms with Crippen molar-refractivity contribution in [3.05, 3.63) is 111 Å². The average Bonchev–Trinajstić information content (AvgIpc) is 3.47. The summed E-state index contributed by atoms with van der Waals surface area (Å²) in [5, 5.41) is 2.82. The zero-order chi connectivity index (χ0) is 30.2. The lowest BCUT2D eigenvalue weighted by atomic mass is 9.74. The number of hydrogen-bond donors (Lipinski definition) is 0. The van der Waals surface area contributed by atoms with Gasteiger partial charge in [0.15, 0.2) is 0 Å². The van der Waals surface area contributed by atoms with Crippen LogP contribution >= 0.6 is 22.7 Å². The van der Waals surface area contributed by atoms with Crippen molar-refractivity contribution in [3.8, 4) is 0 Å². The van der Waals surface area contributed by atoms with E-state index >= 15 is 0 Å². The fourth-order valence-electron chi connectivity index (χ4n) is 7.22. The Hall–Kier alpha value is -3.08. The van der Waals surface area contributed by atoms with E-state index in [0.29, 0.717) is 0 Å². The second-order valence-corrected chi connectivity index (χ2v) is 16.1. The van der Waals surface area contributed by atoms with Crippen molar-refractivity contribution in [2.24, 2.45) is 10.8 Å². The van der Waals surface area contributed by atoms with Crippen LogP contribution in [0.25, 0.3) is 26.5 Å². The van der Waals surface area contributed by atoms with Gasteiger partial charge in [-0.25, -0.2) is 0 Å². The molecular formula is C39H46N2S2+2. The first kappa shape index (κ1) is 30.0. The molecule has 0 amide bonds. The molecule has 6 rings (SSSR count). The molecule has 43 heavy (non-hydrogen) atoms. The molecule has 0 aliphatic heterocycles. The Labute approximate surface area is 266 Å². The van der Waals surface area contributed by atoms with Crippen LogP contribution in [0.15, 0.2) is 101 Å². The van der Waals surface area contributed by atoms with E-state index in [0.717, 1.165) is 45.2 Å². The summed E-state index contributed by atoms with van der Waals surface area (Å²) in [6.07, 6.45) is 20.0. The maximum atomic E-state index is 2.51. The molecule has 0 radical (unpaired) electrons. The quantitative estimate of drug-likeness (QED) is 0.185. The SMILES string of the molecule is CC[n+]1c(/C=C2C=C(/C=C/C=C3/C=C(Cc4sc5ccccc5[n+]4CC)CC(C)(C)C3)CC(C)(C)C/2)sc2ccccc21. The minimum atomic E-state index is 0.250. The summed E-state index contributed by atoms with van der Waals surface area (Å²) in [4.78, 5) is 0. The lowest BCUT2D eigenvalue weighted by Gasteiger charge is -2.31. The van der Waals surface area contributed by atoms with Gasteiger partial charge >= 0.3 is 0 Å². The predicted molar refractivity (Wildman–Crippen MR) is 186 cm³/mol. The monoisotopic (exact) mass is 606 g/mol. The molecule has 0 saturated heterocycles. The highest BCUT2D eigenvalue weighted by molar-refractivity contribution is 7.19. The number of aryl methyl sites for hydroxylation is 2. The molecule has 0 atom stereocenters. The van der Waals surface area contributed by atoms with Gasteiger partial charge in [0.05, 0.1) is 6.42 Å². The Balaban J connectivity index is 1.26. The molecule has 0 fully saturated rings. The molecule has 2 aromatic heterocycles. The Morgan fingerprint density at radius 3 is 2.07 bits per heavy atom. The van der Waals surface area contributed by atoms with Crippen molar-refractivity contribution in [2.75, 3.05) is 0 Å². The van der Waals surface area contributed by atoms with Gasteiger partial charge in [-0.3, -0.25) is 0 Å². The van der Waals surface area contributed by atoms with Crippen LogP contribution in [0.2, 0.25) is 0 Å². The number of para-hydroxylation sites is 2. The minimum Gasteiger partial charge on any atom is -0.186 e. The zero-order valence-electron chi connectivity index (χ0n) is 26.7. The van der Waals surface area contributed by atoms with E-state index in [1.165, 1.54) is 47.2 Å². The smallest absolute Gasteiger partial charge is 0.186 e. The van der Waals surface area contributed by atoms with Gasteiger partial charge in [0.1, 0.15) is 22.5 Å². The largest absolute Gasteiger partial charge is 0.263 e. The minimum absolute atomic E-state index is 0.250. The van der Waals surface area contributed by atoms with Crippen molar-refractivity contribution < 1.29 is 9.13 Å². The van der Waals surface area contributed by atoms with E-state index in [1.54, 1.807) is 5.57 Å². The summed E-state index contributed by atoms with van der Waals surface area (Å²) >= 11 is 3.87. The number of benzene rings is 2. The topological polar surface area (TPSA) is 7.76 Å². The number of rotatable bonds is 7. The van der Waals surface area contributed by atoms with Gasteiger partial charge < -0.3 is 0 Å². The summed E-state index contributed by atoms with van der Waals surface area (Å²) in [5.41, 5.74) is 9.11. The highest BCUT2D eigenvalue weighted by Gasteiger charge is 2.29.